The largest absolute Gasteiger partial charge is 0.338 e. The summed E-state index contributed by atoms with van der Waals surface area (Å²) in [7, 11) is 1.80. The first-order valence-corrected chi connectivity index (χ1v) is 7.39. The Morgan fingerprint density at radius 3 is 2.45 bits per heavy atom. The first kappa shape index (κ1) is 17.7. The number of para-hydroxylation sites is 1. The number of carbonyl (C=O) groups excluding carboxylic acids is 2. The lowest BCUT2D eigenvalue weighted by atomic mass is 10.2. The van der Waals surface area contributed by atoms with E-state index in [0.717, 1.165) is 4.90 Å². The molecule has 0 saturated carbocycles. The van der Waals surface area contributed by atoms with Crippen molar-refractivity contribution in [2.75, 3.05) is 38.5 Å². The Hall–Kier alpha value is -2.39. The molecular weight excluding hydrogens is 280 g/mol. The number of nitrogens with zero attached hydrogens (tertiary/aromatic N) is 2. The van der Waals surface area contributed by atoms with Crippen LogP contribution in [0.5, 0.6) is 0 Å². The minimum atomic E-state index is -0.215. The standard InChI is InChI=1S/C16H22N4O2/c1-4-20(5-2)16(22)12-19(3)11-15(21)18-14-9-7-6-8-13(14)10-17/h6-9H,4-5,11-12H2,1-3H3,(H,18,21)/p+1. The molecule has 0 aliphatic carbocycles. The minimum Gasteiger partial charge on any atom is -0.338 e. The fourth-order valence-electron chi connectivity index (χ4n) is 2.17. The lowest BCUT2D eigenvalue weighted by Crippen LogP contribution is -3.11. The van der Waals surface area contributed by atoms with Crippen LogP contribution in [0.2, 0.25) is 0 Å². The maximum absolute atomic E-state index is 12.0. The van der Waals surface area contributed by atoms with Crippen LogP contribution in [0, 0.1) is 11.3 Å². The first-order chi connectivity index (χ1) is 10.5. The molecular formula is C16H23N4O2+. The van der Waals surface area contributed by atoms with Crippen molar-refractivity contribution in [2.24, 2.45) is 0 Å². The van der Waals surface area contributed by atoms with E-state index in [4.69, 9.17) is 5.26 Å². The SMILES string of the molecule is CCN(CC)C(=O)C[NH+](C)CC(=O)Nc1ccccc1C#N. The average molecular weight is 303 g/mol. The predicted octanol–water partition coefficient (Wildman–Crippen LogP) is -0.120. The van der Waals surface area contributed by atoms with Crippen LogP contribution >= 0.6 is 0 Å². The Labute approximate surface area is 131 Å². The summed E-state index contributed by atoms with van der Waals surface area (Å²) in [6, 6.07) is 8.88. The van der Waals surface area contributed by atoms with Gasteiger partial charge < -0.3 is 15.1 Å². The molecule has 2 N–H and O–H groups in total. The topological polar surface area (TPSA) is 77.6 Å². The average Bonchev–Trinajstić information content (AvgIpc) is 2.48. The van der Waals surface area contributed by atoms with Crippen LogP contribution in [-0.2, 0) is 9.59 Å². The third-order valence-electron chi connectivity index (χ3n) is 3.35. The highest BCUT2D eigenvalue weighted by atomic mass is 16.2. The molecule has 0 heterocycles. The van der Waals surface area contributed by atoms with E-state index in [-0.39, 0.29) is 24.9 Å². The summed E-state index contributed by atoms with van der Waals surface area (Å²) in [6.45, 7) is 5.65. The summed E-state index contributed by atoms with van der Waals surface area (Å²) in [6.07, 6.45) is 0. The summed E-state index contributed by atoms with van der Waals surface area (Å²) in [5.41, 5.74) is 0.922. The summed E-state index contributed by atoms with van der Waals surface area (Å²) in [5.74, 6) is -0.180. The summed E-state index contributed by atoms with van der Waals surface area (Å²) in [5, 5.41) is 11.7. The Balaban J connectivity index is 2.55. The monoisotopic (exact) mass is 303 g/mol. The zero-order valence-electron chi connectivity index (χ0n) is 13.3. The van der Waals surface area contributed by atoms with Crippen molar-refractivity contribution in [3.63, 3.8) is 0 Å². The van der Waals surface area contributed by atoms with Gasteiger partial charge in [0.25, 0.3) is 11.8 Å². The van der Waals surface area contributed by atoms with Gasteiger partial charge in [0, 0.05) is 13.1 Å². The van der Waals surface area contributed by atoms with Crippen LogP contribution in [0.3, 0.4) is 0 Å². The minimum absolute atomic E-state index is 0.0349. The van der Waals surface area contributed by atoms with E-state index >= 15 is 0 Å². The van der Waals surface area contributed by atoms with Crippen LogP contribution in [0.15, 0.2) is 24.3 Å². The van der Waals surface area contributed by atoms with E-state index in [1.165, 1.54) is 0 Å². The second-order valence-corrected chi connectivity index (χ2v) is 5.08. The molecule has 1 unspecified atom stereocenters. The van der Waals surface area contributed by atoms with Crippen LogP contribution in [0.25, 0.3) is 0 Å². The molecule has 0 spiro atoms. The van der Waals surface area contributed by atoms with E-state index in [9.17, 15) is 9.59 Å². The van der Waals surface area contributed by atoms with E-state index in [1.807, 2.05) is 19.9 Å². The van der Waals surface area contributed by atoms with E-state index < -0.39 is 0 Å². The second kappa shape index (κ2) is 8.80. The maximum Gasteiger partial charge on any atom is 0.279 e. The quantitative estimate of drug-likeness (QED) is 0.737. The number of rotatable bonds is 7. The summed E-state index contributed by atoms with van der Waals surface area (Å²) >= 11 is 0. The second-order valence-electron chi connectivity index (χ2n) is 5.08. The van der Waals surface area contributed by atoms with Crippen LogP contribution < -0.4 is 10.2 Å². The fourth-order valence-corrected chi connectivity index (χ4v) is 2.17. The van der Waals surface area contributed by atoms with Crippen LogP contribution in [0.4, 0.5) is 5.69 Å². The van der Waals surface area contributed by atoms with Gasteiger partial charge in [-0.25, -0.2) is 0 Å². The third-order valence-corrected chi connectivity index (χ3v) is 3.35. The number of likely N-dealkylation sites (N-methyl/N-ethyl adjacent to an activating group) is 2. The summed E-state index contributed by atoms with van der Waals surface area (Å²) < 4.78 is 0. The van der Waals surface area contributed by atoms with Gasteiger partial charge >= 0.3 is 0 Å². The van der Waals surface area contributed by atoms with E-state index in [1.54, 1.807) is 36.2 Å². The molecule has 0 aromatic heterocycles. The van der Waals surface area contributed by atoms with Crippen LogP contribution in [0.1, 0.15) is 19.4 Å². The molecule has 118 valence electrons. The number of carbonyl (C=O) groups is 2. The lowest BCUT2D eigenvalue weighted by molar-refractivity contribution is -0.862. The van der Waals surface area contributed by atoms with Gasteiger partial charge in [-0.05, 0) is 26.0 Å². The highest BCUT2D eigenvalue weighted by Crippen LogP contribution is 2.12. The highest BCUT2D eigenvalue weighted by molar-refractivity contribution is 5.92. The molecule has 2 amide bonds. The Bertz CT molecular complexity index is 562. The van der Waals surface area contributed by atoms with Gasteiger partial charge in [0.05, 0.1) is 18.3 Å². The molecule has 22 heavy (non-hydrogen) atoms. The van der Waals surface area contributed by atoms with Crippen molar-refractivity contribution in [3.05, 3.63) is 29.8 Å². The zero-order chi connectivity index (χ0) is 16.5. The lowest BCUT2D eigenvalue weighted by Gasteiger charge is -2.21. The fraction of sp³-hybridized carbons (Fsp3) is 0.438. The van der Waals surface area contributed by atoms with Crippen molar-refractivity contribution in [1.82, 2.24) is 4.90 Å². The van der Waals surface area contributed by atoms with Gasteiger partial charge in [-0.15, -0.1) is 0 Å². The smallest absolute Gasteiger partial charge is 0.279 e. The number of amides is 2. The van der Waals surface area contributed by atoms with Crippen molar-refractivity contribution in [2.45, 2.75) is 13.8 Å². The molecule has 0 radical (unpaired) electrons. The maximum atomic E-state index is 12.0. The molecule has 6 heteroatoms. The van der Waals surface area contributed by atoms with Crippen LogP contribution in [-0.4, -0.2) is 49.9 Å². The molecule has 0 fully saturated rings. The first-order valence-electron chi connectivity index (χ1n) is 7.39. The molecule has 0 aliphatic heterocycles. The highest BCUT2D eigenvalue weighted by Gasteiger charge is 2.18. The van der Waals surface area contributed by atoms with Gasteiger partial charge in [-0.1, -0.05) is 12.1 Å². The third kappa shape index (κ3) is 5.19. The van der Waals surface area contributed by atoms with Gasteiger partial charge in [0.2, 0.25) is 0 Å². The molecule has 0 saturated heterocycles. The van der Waals surface area contributed by atoms with Gasteiger partial charge in [0.1, 0.15) is 6.07 Å². The normalized spacial score (nSPS) is 11.4. The van der Waals surface area contributed by atoms with E-state index in [0.29, 0.717) is 24.3 Å². The van der Waals surface area contributed by atoms with E-state index in [2.05, 4.69) is 5.32 Å². The van der Waals surface area contributed by atoms with Crippen molar-refractivity contribution in [3.8, 4) is 6.07 Å². The molecule has 0 aliphatic rings. The number of benzene rings is 1. The number of quaternary nitrogens is 1. The van der Waals surface area contributed by atoms with Gasteiger partial charge in [0.15, 0.2) is 13.1 Å². The van der Waals surface area contributed by atoms with Crippen molar-refractivity contribution < 1.29 is 14.5 Å². The Kier molecular flexibility index (Phi) is 7.06. The number of nitriles is 1. The zero-order valence-corrected chi connectivity index (χ0v) is 13.3. The predicted molar refractivity (Wildman–Crippen MR) is 84.3 cm³/mol. The Morgan fingerprint density at radius 2 is 1.86 bits per heavy atom. The molecule has 1 atom stereocenters. The molecule has 1 rings (SSSR count). The number of hydrogen-bond donors (Lipinski definition) is 2. The van der Waals surface area contributed by atoms with Gasteiger partial charge in [-0.3, -0.25) is 9.59 Å². The molecule has 6 nitrogen and oxygen atoms in total. The molecule has 0 bridgehead atoms. The van der Waals surface area contributed by atoms with Crippen molar-refractivity contribution in [1.29, 1.82) is 5.26 Å². The number of nitrogens with one attached hydrogen (secondary N) is 2. The molecule has 1 aromatic carbocycles. The van der Waals surface area contributed by atoms with Crippen molar-refractivity contribution >= 4 is 17.5 Å². The Morgan fingerprint density at radius 1 is 1.23 bits per heavy atom. The van der Waals surface area contributed by atoms with Gasteiger partial charge in [-0.2, -0.15) is 5.26 Å². The number of anilines is 1. The molecule has 1 aromatic rings. The summed E-state index contributed by atoms with van der Waals surface area (Å²) in [4.78, 5) is 26.6. The number of hydrogen-bond acceptors (Lipinski definition) is 3.